The zero-order valence-corrected chi connectivity index (χ0v) is 19.1. The molecule has 0 aliphatic carbocycles. The number of benzene rings is 2. The van der Waals surface area contributed by atoms with Gasteiger partial charge in [0.05, 0.1) is 41.2 Å². The summed E-state index contributed by atoms with van der Waals surface area (Å²) in [5.41, 5.74) is 4.47. The van der Waals surface area contributed by atoms with Crippen LogP contribution in [-0.2, 0) is 11.3 Å². The van der Waals surface area contributed by atoms with Crippen LogP contribution in [0.1, 0.15) is 5.82 Å². The first kappa shape index (κ1) is 20.4. The number of imidazole rings is 1. The normalized spacial score (nSPS) is 15.4. The first-order chi connectivity index (χ1) is 16.5. The molecule has 5 aromatic rings. The van der Waals surface area contributed by atoms with Crippen LogP contribution in [0.2, 0.25) is 5.02 Å². The molecule has 1 aliphatic rings. The summed E-state index contributed by atoms with van der Waals surface area (Å²) in [6, 6.07) is 9.28. The van der Waals surface area contributed by atoms with E-state index in [9.17, 15) is 0 Å². The second-order valence-electron chi connectivity index (χ2n) is 7.94. The van der Waals surface area contributed by atoms with Gasteiger partial charge in [0.1, 0.15) is 27.9 Å². The summed E-state index contributed by atoms with van der Waals surface area (Å²) in [7, 11) is 1.85. The molecule has 4 heterocycles. The minimum Gasteiger partial charge on any atom is -0.456 e. The van der Waals surface area contributed by atoms with Gasteiger partial charge in [-0.25, -0.2) is 9.97 Å². The van der Waals surface area contributed by atoms with Crippen LogP contribution in [0.5, 0.6) is 11.5 Å². The number of nitrogens with one attached hydrogen (secondary N) is 1. The third-order valence-electron chi connectivity index (χ3n) is 5.55. The molecule has 34 heavy (non-hydrogen) atoms. The van der Waals surface area contributed by atoms with Crippen molar-refractivity contribution in [2.24, 2.45) is 5.10 Å². The molecule has 170 valence electrons. The van der Waals surface area contributed by atoms with Gasteiger partial charge in [0.2, 0.25) is 6.23 Å². The summed E-state index contributed by atoms with van der Waals surface area (Å²) in [5, 5.41) is 10.6. The Morgan fingerprint density at radius 3 is 2.88 bits per heavy atom. The molecule has 0 saturated heterocycles. The SMILES string of the molecule is Cc1nc2ccc(Oc3ccc4ncc(-c5cnn(CC6OC=NN6C)c5)nc4c3Cl)cc2[nH]1. The van der Waals surface area contributed by atoms with Gasteiger partial charge in [-0.05, 0) is 31.2 Å². The van der Waals surface area contributed by atoms with Gasteiger partial charge >= 0.3 is 0 Å². The highest BCUT2D eigenvalue weighted by molar-refractivity contribution is 6.36. The summed E-state index contributed by atoms with van der Waals surface area (Å²) in [5.74, 6) is 1.98. The largest absolute Gasteiger partial charge is 0.456 e. The van der Waals surface area contributed by atoms with E-state index in [1.165, 1.54) is 6.40 Å². The Labute approximate surface area is 198 Å². The summed E-state index contributed by atoms with van der Waals surface area (Å²) in [6.45, 7) is 2.44. The quantitative estimate of drug-likeness (QED) is 0.403. The fraction of sp³-hybridized carbons (Fsp3) is 0.174. The van der Waals surface area contributed by atoms with E-state index < -0.39 is 0 Å². The molecule has 1 unspecified atom stereocenters. The van der Waals surface area contributed by atoms with Crippen molar-refractivity contribution in [3.05, 3.63) is 59.8 Å². The number of H-pyrrole nitrogens is 1. The fourth-order valence-corrected chi connectivity index (χ4v) is 4.04. The lowest BCUT2D eigenvalue weighted by molar-refractivity contribution is 0.0614. The summed E-state index contributed by atoms with van der Waals surface area (Å²) in [6.07, 6.45) is 6.56. The molecule has 1 N–H and O–H groups in total. The topological polar surface area (TPSA) is 106 Å². The van der Waals surface area contributed by atoms with Gasteiger partial charge in [-0.15, -0.1) is 5.10 Å². The van der Waals surface area contributed by atoms with Crippen molar-refractivity contribution in [3.63, 3.8) is 0 Å². The van der Waals surface area contributed by atoms with E-state index in [0.29, 0.717) is 39.8 Å². The lowest BCUT2D eigenvalue weighted by atomic mass is 10.2. The highest BCUT2D eigenvalue weighted by atomic mass is 35.5. The van der Waals surface area contributed by atoms with E-state index in [1.807, 2.05) is 44.4 Å². The average molecular weight is 475 g/mol. The Hall–Kier alpha value is -4.18. The molecule has 3 aromatic heterocycles. The fourth-order valence-electron chi connectivity index (χ4n) is 3.80. The second kappa shape index (κ2) is 7.99. The Morgan fingerprint density at radius 2 is 2.03 bits per heavy atom. The number of likely N-dealkylation sites (N-methyl/N-ethyl adjacent to an activating group) is 1. The van der Waals surface area contributed by atoms with Crippen LogP contribution < -0.4 is 4.74 Å². The molecule has 6 rings (SSSR count). The van der Waals surface area contributed by atoms with Crippen LogP contribution in [0.25, 0.3) is 33.3 Å². The lowest BCUT2D eigenvalue weighted by Gasteiger charge is -2.16. The molecule has 0 radical (unpaired) electrons. The Balaban J connectivity index is 1.29. The van der Waals surface area contributed by atoms with Gasteiger partial charge in [-0.1, -0.05) is 11.6 Å². The van der Waals surface area contributed by atoms with Crippen molar-refractivity contribution in [3.8, 4) is 22.8 Å². The molecular formula is C23H19ClN8O2. The van der Waals surface area contributed by atoms with Crippen LogP contribution in [-0.4, -0.2) is 54.4 Å². The number of hydrogen-bond acceptors (Lipinski definition) is 8. The summed E-state index contributed by atoms with van der Waals surface area (Å²) >= 11 is 6.70. The van der Waals surface area contributed by atoms with E-state index in [4.69, 9.17) is 26.1 Å². The molecular weight excluding hydrogens is 456 g/mol. The molecule has 2 aromatic carbocycles. The molecule has 0 fully saturated rings. The number of halogens is 1. The summed E-state index contributed by atoms with van der Waals surface area (Å²) < 4.78 is 13.3. The Kier molecular flexibility index (Phi) is 4.80. The molecule has 1 atom stereocenters. The molecule has 0 amide bonds. The van der Waals surface area contributed by atoms with Crippen LogP contribution >= 0.6 is 11.6 Å². The third kappa shape index (κ3) is 3.67. The highest BCUT2D eigenvalue weighted by Crippen LogP contribution is 2.35. The number of hydrogen-bond donors (Lipinski definition) is 1. The maximum absolute atomic E-state index is 6.70. The van der Waals surface area contributed by atoms with Gasteiger partial charge in [0, 0.05) is 24.9 Å². The number of aromatic nitrogens is 6. The number of nitrogens with zero attached hydrogens (tertiary/aromatic N) is 7. The first-order valence-electron chi connectivity index (χ1n) is 10.6. The predicted octanol–water partition coefficient (Wildman–Crippen LogP) is 4.36. The molecule has 11 heteroatoms. The second-order valence-corrected chi connectivity index (χ2v) is 8.32. The Morgan fingerprint density at radius 1 is 1.15 bits per heavy atom. The van der Waals surface area contributed by atoms with Gasteiger partial charge in [-0.2, -0.15) is 5.10 Å². The maximum atomic E-state index is 6.70. The lowest BCUT2D eigenvalue weighted by Crippen LogP contribution is -2.29. The molecule has 1 aliphatic heterocycles. The van der Waals surface area contributed by atoms with Crippen LogP contribution in [0.4, 0.5) is 0 Å². The van der Waals surface area contributed by atoms with Crippen molar-refractivity contribution >= 4 is 40.1 Å². The number of ether oxygens (including phenoxy) is 2. The van der Waals surface area contributed by atoms with Crippen molar-refractivity contribution in [2.45, 2.75) is 19.7 Å². The number of hydrazone groups is 1. The van der Waals surface area contributed by atoms with Crippen molar-refractivity contribution in [1.82, 2.24) is 34.7 Å². The van der Waals surface area contributed by atoms with E-state index in [-0.39, 0.29) is 6.23 Å². The van der Waals surface area contributed by atoms with E-state index >= 15 is 0 Å². The number of rotatable bonds is 5. The van der Waals surface area contributed by atoms with Gasteiger partial charge < -0.3 is 14.5 Å². The maximum Gasteiger partial charge on any atom is 0.207 e. The predicted molar refractivity (Wildman–Crippen MR) is 128 cm³/mol. The molecule has 0 bridgehead atoms. The Bertz CT molecular complexity index is 1560. The number of fused-ring (bicyclic) bond motifs is 2. The monoisotopic (exact) mass is 474 g/mol. The highest BCUT2D eigenvalue weighted by Gasteiger charge is 2.20. The van der Waals surface area contributed by atoms with Crippen molar-refractivity contribution in [2.75, 3.05) is 7.05 Å². The average Bonchev–Trinajstić information content (AvgIpc) is 3.55. The number of aryl methyl sites for hydroxylation is 1. The molecule has 0 spiro atoms. The van der Waals surface area contributed by atoms with Crippen molar-refractivity contribution in [1.29, 1.82) is 0 Å². The molecule has 10 nitrogen and oxygen atoms in total. The van der Waals surface area contributed by atoms with E-state index in [0.717, 1.165) is 22.4 Å². The minimum absolute atomic E-state index is 0.200. The van der Waals surface area contributed by atoms with Crippen LogP contribution in [0.15, 0.2) is 54.0 Å². The van der Waals surface area contributed by atoms with E-state index in [1.54, 1.807) is 28.2 Å². The summed E-state index contributed by atoms with van der Waals surface area (Å²) in [4.78, 5) is 16.9. The minimum atomic E-state index is -0.200. The van der Waals surface area contributed by atoms with Crippen LogP contribution in [0.3, 0.4) is 0 Å². The smallest absolute Gasteiger partial charge is 0.207 e. The molecule has 0 saturated carbocycles. The number of aromatic amines is 1. The van der Waals surface area contributed by atoms with E-state index in [2.05, 4.69) is 25.2 Å². The zero-order valence-electron chi connectivity index (χ0n) is 18.3. The third-order valence-corrected chi connectivity index (χ3v) is 5.92. The van der Waals surface area contributed by atoms with Gasteiger partial charge in [-0.3, -0.25) is 14.7 Å². The zero-order chi connectivity index (χ0) is 23.2. The first-order valence-corrected chi connectivity index (χ1v) is 10.9. The standard InChI is InChI=1S/C23H19ClN8O2/c1-13-28-16-4-3-15(7-18(16)29-13)34-20-6-5-17-23(22(20)24)30-19(9-25-17)14-8-26-32(10-14)11-21-31(2)27-12-33-21/h3-10,12,21H,11H2,1-2H3,(H,28,29). The van der Waals surface area contributed by atoms with Crippen molar-refractivity contribution < 1.29 is 9.47 Å². The van der Waals surface area contributed by atoms with Crippen LogP contribution in [0, 0.1) is 6.92 Å². The van der Waals surface area contributed by atoms with Gasteiger partial charge in [0.25, 0.3) is 0 Å². The van der Waals surface area contributed by atoms with Gasteiger partial charge in [0.15, 0.2) is 6.40 Å².